The van der Waals surface area contributed by atoms with Gasteiger partial charge in [-0.1, -0.05) is 29.3 Å². The van der Waals surface area contributed by atoms with E-state index in [1.54, 1.807) is 18.2 Å². The molecule has 0 aromatic heterocycles. The summed E-state index contributed by atoms with van der Waals surface area (Å²) in [6.45, 7) is 0. The summed E-state index contributed by atoms with van der Waals surface area (Å²) in [5.74, 6) is 0. The fourth-order valence-corrected chi connectivity index (χ4v) is 0.908. The van der Waals surface area contributed by atoms with Crippen molar-refractivity contribution < 1.29 is 0 Å². The van der Waals surface area contributed by atoms with Gasteiger partial charge in [-0.25, -0.2) is 0 Å². The zero-order valence-electron chi connectivity index (χ0n) is 4.57. The van der Waals surface area contributed by atoms with E-state index in [4.69, 9.17) is 28.9 Å². The van der Waals surface area contributed by atoms with Crippen LogP contribution in [0.3, 0.4) is 0 Å². The lowest BCUT2D eigenvalue weighted by atomic mass is 11.3. The molecule has 0 radical (unpaired) electrons. The summed E-state index contributed by atoms with van der Waals surface area (Å²) in [6, 6.07) is 5.15. The number of nitrogen functional groups attached to an aromatic ring is 1. The number of nitrogens with two attached hydrogens (primary N) is 1. The molecule has 3 heteroatoms. The number of anilines is 1. The number of rotatable bonds is 0. The van der Waals surface area contributed by atoms with Crippen molar-refractivity contribution in [2.45, 2.75) is 0 Å². The highest BCUT2D eigenvalue weighted by Crippen LogP contribution is 2.25. The van der Waals surface area contributed by atoms with Gasteiger partial charge >= 0.3 is 0 Å². The third kappa shape index (κ3) is 1.29. The molecule has 0 spiro atoms. The van der Waals surface area contributed by atoms with Gasteiger partial charge in [0, 0.05) is 0 Å². The van der Waals surface area contributed by atoms with E-state index in [9.17, 15) is 0 Å². The van der Waals surface area contributed by atoms with E-state index in [1.807, 2.05) is 0 Å². The van der Waals surface area contributed by atoms with Gasteiger partial charge in [-0.05, 0) is 12.1 Å². The first kappa shape index (κ1) is 6.72. The van der Waals surface area contributed by atoms with Gasteiger partial charge in [-0.3, -0.25) is 0 Å². The van der Waals surface area contributed by atoms with Crippen LogP contribution in [0.25, 0.3) is 0 Å². The maximum absolute atomic E-state index is 5.60. The summed E-state index contributed by atoms with van der Waals surface area (Å²) in [7, 11) is 0. The lowest BCUT2D eigenvalue weighted by molar-refractivity contribution is 1.68. The van der Waals surface area contributed by atoms with Crippen molar-refractivity contribution in [1.82, 2.24) is 0 Å². The lowest BCUT2D eigenvalue weighted by Gasteiger charge is -1.96. The third-order valence-electron chi connectivity index (χ3n) is 1.000. The fraction of sp³-hybridized carbons (Fsp3) is 0. The molecule has 48 valence electrons. The highest BCUT2D eigenvalue weighted by atomic mass is 35.5. The molecule has 0 saturated heterocycles. The Balaban J connectivity index is 3.25. The molecule has 1 nitrogen and oxygen atoms in total. The van der Waals surface area contributed by atoms with E-state index in [2.05, 4.69) is 0 Å². The Morgan fingerprint density at radius 2 is 1.56 bits per heavy atom. The molecule has 0 heterocycles. The minimum atomic E-state index is 0.445. The SMILES string of the molecule is N[13c]1[13c](Cl)[13cH][13cH][13cH][13c]1Cl. The highest BCUT2D eigenvalue weighted by molar-refractivity contribution is 6.38. The maximum Gasteiger partial charge on any atom is 0.0692 e. The summed E-state index contributed by atoms with van der Waals surface area (Å²) < 4.78 is 0. The molecule has 1 aromatic carbocycles. The molecule has 0 aliphatic carbocycles. The maximum atomic E-state index is 5.60. The van der Waals surface area contributed by atoms with Crippen molar-refractivity contribution in [1.29, 1.82) is 0 Å². The summed E-state index contributed by atoms with van der Waals surface area (Å²) in [6.07, 6.45) is 0. The molecule has 0 atom stereocenters. The lowest BCUT2D eigenvalue weighted by Crippen LogP contribution is -1.85. The van der Waals surface area contributed by atoms with Crippen LogP contribution in [0.1, 0.15) is 0 Å². The van der Waals surface area contributed by atoms with Crippen molar-refractivity contribution in [3.05, 3.63) is 28.2 Å². The number of para-hydroxylation sites is 1. The molecule has 2 N–H and O–H groups in total. The summed E-state index contributed by atoms with van der Waals surface area (Å²) in [5.41, 5.74) is 5.86. The Morgan fingerprint density at radius 1 is 1.11 bits per heavy atom. The predicted molar refractivity (Wildman–Crippen MR) is 40.9 cm³/mol. The van der Waals surface area contributed by atoms with Gasteiger partial charge in [0.1, 0.15) is 0 Å². The summed E-state index contributed by atoms with van der Waals surface area (Å²) in [5, 5.41) is 1.00. The van der Waals surface area contributed by atoms with E-state index in [0.29, 0.717) is 15.7 Å². The van der Waals surface area contributed by atoms with Gasteiger partial charge in [-0.2, -0.15) is 0 Å². The van der Waals surface area contributed by atoms with Gasteiger partial charge < -0.3 is 5.73 Å². The van der Waals surface area contributed by atoms with Crippen molar-refractivity contribution in [3.8, 4) is 0 Å². The van der Waals surface area contributed by atoms with E-state index in [-0.39, 0.29) is 0 Å². The standard InChI is InChI=1S/C6H5Cl2N/c7-4-2-1-3-5(8)6(4)9/h1-3H,9H2/i1+1,2+1,3+1,4+1,5+1,6+1. The first-order chi connectivity index (χ1) is 4.22. The molecular weight excluding hydrogens is 163 g/mol. The highest BCUT2D eigenvalue weighted by Gasteiger charge is 1.97. The van der Waals surface area contributed by atoms with Crippen molar-refractivity contribution in [2.75, 3.05) is 5.73 Å². The molecule has 0 saturated carbocycles. The van der Waals surface area contributed by atoms with Crippen LogP contribution in [0.15, 0.2) is 18.2 Å². The first-order valence-corrected chi connectivity index (χ1v) is 3.17. The van der Waals surface area contributed by atoms with Crippen molar-refractivity contribution in [3.63, 3.8) is 0 Å². The minimum absolute atomic E-state index is 0.445. The largest absolute Gasteiger partial charge is 0.396 e. The number of benzene rings is 1. The van der Waals surface area contributed by atoms with Crippen LogP contribution in [0, 0.1) is 0 Å². The molecule has 1 aromatic rings. The molecule has 9 heavy (non-hydrogen) atoms. The van der Waals surface area contributed by atoms with E-state index in [1.165, 1.54) is 0 Å². The molecule has 0 amide bonds. The van der Waals surface area contributed by atoms with Crippen LogP contribution in [0.5, 0.6) is 0 Å². The Bertz CT molecular complexity index is 202. The Hall–Kier alpha value is -0.400. The van der Waals surface area contributed by atoms with Crippen LogP contribution in [-0.2, 0) is 0 Å². The zero-order chi connectivity index (χ0) is 6.85. The van der Waals surface area contributed by atoms with Crippen molar-refractivity contribution in [2.24, 2.45) is 0 Å². The van der Waals surface area contributed by atoms with Crippen LogP contribution in [0.2, 0.25) is 10.0 Å². The smallest absolute Gasteiger partial charge is 0.0692 e. The second-order valence-corrected chi connectivity index (χ2v) is 2.45. The second-order valence-electron chi connectivity index (χ2n) is 1.64. The monoisotopic (exact) mass is 167 g/mol. The predicted octanol–water partition coefficient (Wildman–Crippen LogP) is 2.58. The topological polar surface area (TPSA) is 26.0 Å². The molecule has 0 bridgehead atoms. The van der Waals surface area contributed by atoms with Crippen molar-refractivity contribution >= 4 is 28.9 Å². The third-order valence-corrected chi connectivity index (χ3v) is 1.66. The number of halogens is 2. The molecule has 0 aliphatic rings. The van der Waals surface area contributed by atoms with Gasteiger partial charge in [0.25, 0.3) is 0 Å². The van der Waals surface area contributed by atoms with Gasteiger partial charge in [0.2, 0.25) is 0 Å². The Labute approximate surface area is 63.4 Å². The molecule has 0 fully saturated rings. The van der Waals surface area contributed by atoms with Crippen LogP contribution < -0.4 is 5.73 Å². The molecule has 0 aliphatic heterocycles. The number of hydrogen-bond acceptors (Lipinski definition) is 1. The number of hydrogen-bond donors (Lipinski definition) is 1. The summed E-state index contributed by atoms with van der Waals surface area (Å²) >= 11 is 11.2. The molecular formula is C6H5Cl2N. The zero-order valence-corrected chi connectivity index (χ0v) is 6.08. The summed E-state index contributed by atoms with van der Waals surface area (Å²) in [4.78, 5) is 0. The van der Waals surface area contributed by atoms with E-state index >= 15 is 0 Å². The van der Waals surface area contributed by atoms with E-state index in [0.717, 1.165) is 0 Å². The Kier molecular flexibility index (Phi) is 1.84. The van der Waals surface area contributed by atoms with Crippen LogP contribution in [-0.4, -0.2) is 0 Å². The second kappa shape index (κ2) is 2.46. The van der Waals surface area contributed by atoms with E-state index < -0.39 is 0 Å². The molecule has 1 rings (SSSR count). The average Bonchev–Trinajstić information content (AvgIpc) is 1.83. The minimum Gasteiger partial charge on any atom is -0.396 e. The quantitative estimate of drug-likeness (QED) is 0.591. The molecule has 0 unspecified atom stereocenters. The van der Waals surface area contributed by atoms with Gasteiger partial charge in [-0.15, -0.1) is 0 Å². The fourth-order valence-electron chi connectivity index (χ4n) is 0.511. The van der Waals surface area contributed by atoms with Gasteiger partial charge in [0.05, 0.1) is 15.7 Å². The van der Waals surface area contributed by atoms with Crippen LogP contribution >= 0.6 is 23.2 Å². The average molecular weight is 168 g/mol. The Morgan fingerprint density at radius 3 is 1.89 bits per heavy atom. The first-order valence-electron chi connectivity index (χ1n) is 2.41. The van der Waals surface area contributed by atoms with Crippen LogP contribution in [0.4, 0.5) is 5.69 Å². The van der Waals surface area contributed by atoms with Gasteiger partial charge in [0.15, 0.2) is 0 Å². The normalized spacial score (nSPS) is 9.56.